The maximum absolute atomic E-state index is 11.4. The van der Waals surface area contributed by atoms with Crippen LogP contribution >= 0.6 is 0 Å². The van der Waals surface area contributed by atoms with Gasteiger partial charge in [-0.25, -0.2) is 0 Å². The molecule has 0 aromatic heterocycles. The van der Waals surface area contributed by atoms with E-state index in [0.717, 1.165) is 39.2 Å². The van der Waals surface area contributed by atoms with Crippen LogP contribution in [-0.4, -0.2) is 56.2 Å². The summed E-state index contributed by atoms with van der Waals surface area (Å²) in [5.74, 6) is -0.0238. The monoisotopic (exact) mass is 243 g/mol. The molecule has 1 saturated heterocycles. The molecule has 100 valence electrons. The minimum Gasteiger partial charge on any atom is -0.381 e. The molecule has 0 spiro atoms. The van der Waals surface area contributed by atoms with Crippen LogP contribution in [0.4, 0.5) is 0 Å². The molecule has 0 bridgehead atoms. The van der Waals surface area contributed by atoms with Gasteiger partial charge in [0, 0.05) is 25.6 Å². The molecule has 3 N–H and O–H groups in total. The van der Waals surface area contributed by atoms with Gasteiger partial charge in [-0.15, -0.1) is 0 Å². The summed E-state index contributed by atoms with van der Waals surface area (Å²) in [5, 5.41) is 3.26. The third-order valence-corrected chi connectivity index (χ3v) is 3.43. The van der Waals surface area contributed by atoms with Crippen LogP contribution in [0.3, 0.4) is 0 Å². The van der Waals surface area contributed by atoms with E-state index >= 15 is 0 Å². The van der Waals surface area contributed by atoms with Crippen molar-refractivity contribution in [3.8, 4) is 0 Å². The Morgan fingerprint density at radius 1 is 1.53 bits per heavy atom. The Morgan fingerprint density at radius 2 is 2.24 bits per heavy atom. The number of hydrogen-bond donors (Lipinski definition) is 2. The van der Waals surface area contributed by atoms with Crippen LogP contribution in [0.25, 0.3) is 0 Å². The largest absolute Gasteiger partial charge is 0.381 e. The molecule has 1 fully saturated rings. The normalized spacial score (nSPS) is 21.9. The molecule has 0 aliphatic carbocycles. The van der Waals surface area contributed by atoms with Crippen molar-refractivity contribution in [2.75, 3.05) is 39.4 Å². The third-order valence-electron chi connectivity index (χ3n) is 3.43. The van der Waals surface area contributed by atoms with Crippen LogP contribution in [0.1, 0.15) is 20.3 Å². The van der Waals surface area contributed by atoms with E-state index in [1.807, 2.05) is 0 Å². The number of primary amides is 1. The Labute approximate surface area is 104 Å². The van der Waals surface area contributed by atoms with Crippen molar-refractivity contribution < 1.29 is 9.53 Å². The van der Waals surface area contributed by atoms with E-state index in [4.69, 9.17) is 10.5 Å². The van der Waals surface area contributed by atoms with Gasteiger partial charge < -0.3 is 20.7 Å². The zero-order valence-corrected chi connectivity index (χ0v) is 10.9. The number of carbonyl (C=O) groups is 1. The summed E-state index contributed by atoms with van der Waals surface area (Å²) in [4.78, 5) is 13.7. The fraction of sp³-hybridized carbons (Fsp3) is 0.917. The second-order valence-corrected chi connectivity index (χ2v) is 4.48. The number of hydrogen-bond acceptors (Lipinski definition) is 4. The number of nitrogens with one attached hydrogen (secondary N) is 1. The predicted octanol–water partition coefficient (Wildman–Crippen LogP) is -0.192. The molecule has 5 heteroatoms. The molecular formula is C12H25N3O2. The molecule has 1 amide bonds. The van der Waals surface area contributed by atoms with Crippen molar-refractivity contribution in [2.45, 2.75) is 26.3 Å². The number of ether oxygens (including phenoxy) is 1. The summed E-state index contributed by atoms with van der Waals surface area (Å²) in [7, 11) is 0. The molecule has 1 heterocycles. The average Bonchev–Trinajstić information content (AvgIpc) is 2.82. The van der Waals surface area contributed by atoms with Gasteiger partial charge in [-0.1, -0.05) is 13.8 Å². The van der Waals surface area contributed by atoms with Crippen molar-refractivity contribution >= 4 is 5.91 Å². The van der Waals surface area contributed by atoms with E-state index in [1.54, 1.807) is 0 Å². The van der Waals surface area contributed by atoms with E-state index in [0.29, 0.717) is 6.61 Å². The van der Waals surface area contributed by atoms with Gasteiger partial charge >= 0.3 is 0 Å². The summed E-state index contributed by atoms with van der Waals surface area (Å²) in [6, 6.07) is -0.243. The quantitative estimate of drug-likeness (QED) is 0.620. The van der Waals surface area contributed by atoms with E-state index in [9.17, 15) is 4.79 Å². The van der Waals surface area contributed by atoms with E-state index in [2.05, 4.69) is 24.1 Å². The zero-order valence-electron chi connectivity index (χ0n) is 10.9. The van der Waals surface area contributed by atoms with Crippen LogP contribution in [0.15, 0.2) is 0 Å². The molecule has 17 heavy (non-hydrogen) atoms. The van der Waals surface area contributed by atoms with Crippen LogP contribution in [0, 0.1) is 5.92 Å². The SMILES string of the molecule is CCN(CC)CCNC(C(N)=O)C1CCOC1. The minimum absolute atomic E-state index is 0.240. The maximum atomic E-state index is 11.4. The first-order valence-corrected chi connectivity index (χ1v) is 6.51. The number of amides is 1. The van der Waals surface area contributed by atoms with E-state index in [-0.39, 0.29) is 17.9 Å². The minimum atomic E-state index is -0.264. The van der Waals surface area contributed by atoms with Gasteiger partial charge in [0.2, 0.25) is 5.91 Å². The molecule has 1 aliphatic heterocycles. The number of rotatable bonds is 8. The van der Waals surface area contributed by atoms with Gasteiger partial charge in [0.05, 0.1) is 12.6 Å². The van der Waals surface area contributed by atoms with E-state index < -0.39 is 0 Å². The molecule has 0 radical (unpaired) electrons. The highest BCUT2D eigenvalue weighted by molar-refractivity contribution is 5.80. The highest BCUT2D eigenvalue weighted by atomic mass is 16.5. The summed E-state index contributed by atoms with van der Waals surface area (Å²) >= 11 is 0. The number of nitrogens with zero attached hydrogens (tertiary/aromatic N) is 1. The number of nitrogens with two attached hydrogens (primary N) is 1. The third kappa shape index (κ3) is 4.61. The maximum Gasteiger partial charge on any atom is 0.234 e. The predicted molar refractivity (Wildman–Crippen MR) is 67.7 cm³/mol. The molecule has 0 saturated carbocycles. The smallest absolute Gasteiger partial charge is 0.234 e. The summed E-state index contributed by atoms with van der Waals surface area (Å²) in [5.41, 5.74) is 5.43. The average molecular weight is 243 g/mol. The van der Waals surface area contributed by atoms with Crippen molar-refractivity contribution in [1.29, 1.82) is 0 Å². The first-order chi connectivity index (χ1) is 8.19. The molecule has 2 atom stereocenters. The second-order valence-electron chi connectivity index (χ2n) is 4.48. The topological polar surface area (TPSA) is 67.6 Å². The van der Waals surface area contributed by atoms with Gasteiger partial charge in [0.25, 0.3) is 0 Å². The highest BCUT2D eigenvalue weighted by Gasteiger charge is 2.29. The lowest BCUT2D eigenvalue weighted by Gasteiger charge is -2.23. The molecule has 5 nitrogen and oxygen atoms in total. The van der Waals surface area contributed by atoms with Crippen molar-refractivity contribution in [3.05, 3.63) is 0 Å². The van der Waals surface area contributed by atoms with Crippen molar-refractivity contribution in [2.24, 2.45) is 11.7 Å². The van der Waals surface area contributed by atoms with Gasteiger partial charge in [-0.05, 0) is 19.5 Å². The standard InChI is InChI=1S/C12H25N3O2/c1-3-15(4-2)7-6-14-11(12(13)16)10-5-8-17-9-10/h10-11,14H,3-9H2,1-2H3,(H2,13,16). The Morgan fingerprint density at radius 3 is 2.71 bits per heavy atom. The fourth-order valence-corrected chi connectivity index (χ4v) is 2.23. The molecule has 0 aromatic carbocycles. The number of likely N-dealkylation sites (N-methyl/N-ethyl adjacent to an activating group) is 1. The molecule has 0 aromatic rings. The lowest BCUT2D eigenvalue weighted by Crippen LogP contribution is -2.49. The summed E-state index contributed by atoms with van der Waals surface area (Å²) < 4.78 is 5.30. The molecule has 2 unspecified atom stereocenters. The molecular weight excluding hydrogens is 218 g/mol. The Kier molecular flexibility index (Phi) is 6.47. The fourth-order valence-electron chi connectivity index (χ4n) is 2.23. The second kappa shape index (κ2) is 7.63. The first kappa shape index (κ1) is 14.4. The van der Waals surface area contributed by atoms with Crippen LogP contribution in [-0.2, 0) is 9.53 Å². The highest BCUT2D eigenvalue weighted by Crippen LogP contribution is 2.16. The van der Waals surface area contributed by atoms with Gasteiger partial charge in [-0.3, -0.25) is 4.79 Å². The first-order valence-electron chi connectivity index (χ1n) is 6.51. The Bertz CT molecular complexity index is 226. The van der Waals surface area contributed by atoms with Gasteiger partial charge in [-0.2, -0.15) is 0 Å². The van der Waals surface area contributed by atoms with Gasteiger partial charge in [0.15, 0.2) is 0 Å². The van der Waals surface area contributed by atoms with Crippen molar-refractivity contribution in [3.63, 3.8) is 0 Å². The lowest BCUT2D eigenvalue weighted by atomic mass is 9.98. The molecule has 1 aliphatic rings. The molecule has 1 rings (SSSR count). The van der Waals surface area contributed by atoms with Crippen LogP contribution < -0.4 is 11.1 Å². The Hall–Kier alpha value is -0.650. The lowest BCUT2D eigenvalue weighted by molar-refractivity contribution is -0.121. The van der Waals surface area contributed by atoms with E-state index in [1.165, 1.54) is 0 Å². The van der Waals surface area contributed by atoms with Crippen LogP contribution in [0.2, 0.25) is 0 Å². The van der Waals surface area contributed by atoms with Gasteiger partial charge in [0.1, 0.15) is 0 Å². The Balaban J connectivity index is 2.31. The zero-order chi connectivity index (χ0) is 12.7. The number of carbonyl (C=O) groups excluding carboxylic acids is 1. The summed E-state index contributed by atoms with van der Waals surface area (Å²) in [6.45, 7) is 9.48. The van der Waals surface area contributed by atoms with Crippen molar-refractivity contribution in [1.82, 2.24) is 10.2 Å². The summed E-state index contributed by atoms with van der Waals surface area (Å²) in [6.07, 6.45) is 0.922. The van der Waals surface area contributed by atoms with Crippen LogP contribution in [0.5, 0.6) is 0 Å².